The van der Waals surface area contributed by atoms with Gasteiger partial charge in [-0.3, -0.25) is 66.9 Å². The van der Waals surface area contributed by atoms with Crippen molar-refractivity contribution in [2.45, 2.75) is 0 Å². The molecule has 0 rings (SSSR count). The predicted molar refractivity (Wildman–Crippen MR) is 127 cm³/mol. The Morgan fingerprint density at radius 3 is 0.214 bits per heavy atom. The minimum atomic E-state index is -6.56. The first-order valence-electron chi connectivity index (χ1n) is 11.0. The summed E-state index contributed by atoms with van der Waals surface area (Å²) in [6, 6.07) is 0. The molecular formula is Na21O48P15. The minimum absolute atomic E-state index is 0. The zero-order chi connectivity index (χ0) is 52.0. The maximum absolute atomic E-state index is 10.7. The van der Waals surface area contributed by atoms with Crippen molar-refractivity contribution in [2.75, 3.05) is 0 Å². The number of hydrogen-bond donors (Lipinski definition) is 0. The SMILES string of the molecule is O=P([O-])([O-])OP(=O)([O-])OP(=O)([O-])OP(=O)([O-])OP(=O)([O-])[O-].O=P([O-])([O-])OP(=O)([O-])OP(=O)([O-])OP(=O)([O-])OP(=O)([O-])[O-].O=P([O-])([O-])OP(=O)([O-])OP(=O)([O-])OP(=O)([O-])OP(=O)([O-])[O-].[Na+].[Na+].[Na+].[Na+].[Na+].[Na+].[Na+].[Na+].[Na+].[Na+].[Na+].[Na+].[Na+].[Na+].[Na+].[Na+].[Na+].[Na+].[Na+].[Na+].[Na+]. The van der Waals surface area contributed by atoms with Gasteiger partial charge in [-0.1, -0.05) is 0 Å². The van der Waals surface area contributed by atoms with Gasteiger partial charge in [-0.05, 0) is 0 Å². The molecule has 6 atom stereocenters. The molecule has 6 unspecified atom stereocenters. The van der Waals surface area contributed by atoms with Gasteiger partial charge in [-0.25, -0.2) is 25.9 Å². The van der Waals surface area contributed by atoms with Gasteiger partial charge < -0.3 is 130 Å². The molecule has 0 aliphatic carbocycles. The molecular weight excluding hydrogens is 1720 g/mol. The van der Waals surface area contributed by atoms with Gasteiger partial charge in [0.2, 0.25) is 0 Å². The van der Waals surface area contributed by atoms with Crippen LogP contribution in [0.25, 0.3) is 0 Å². The van der Waals surface area contributed by atoms with Crippen LogP contribution in [-0.4, -0.2) is 0 Å². The Kier molecular flexibility index (Phi) is 156. The summed E-state index contributed by atoms with van der Waals surface area (Å²) in [7, 11) is -96.2. The largest absolute Gasteiger partial charge is 1.00 e. The van der Waals surface area contributed by atoms with Gasteiger partial charge in [0.25, 0.3) is 70.4 Å². The van der Waals surface area contributed by atoms with E-state index >= 15 is 0 Å². The van der Waals surface area contributed by atoms with Crippen LogP contribution >= 0.6 is 117 Å². The topological polar surface area (TPSA) is 851 Å². The third kappa shape index (κ3) is 126. The minimum Gasteiger partial charge on any atom is -0.790 e. The Morgan fingerprint density at radius 1 is 0.119 bits per heavy atom. The summed E-state index contributed by atoms with van der Waals surface area (Å²) in [6.07, 6.45) is 0. The second-order valence-electron chi connectivity index (χ2n) is 7.69. The van der Waals surface area contributed by atoms with E-state index in [4.69, 9.17) is 0 Å². The van der Waals surface area contributed by atoms with Crippen LogP contribution in [0.3, 0.4) is 0 Å². The van der Waals surface area contributed by atoms with Crippen molar-refractivity contribution < 1.29 is 844 Å². The maximum Gasteiger partial charge on any atom is 1.00 e. The summed E-state index contributed by atoms with van der Waals surface area (Å²) in [6.45, 7) is 0. The molecule has 48 nitrogen and oxygen atoms in total. The Morgan fingerprint density at radius 2 is 0.167 bits per heavy atom. The van der Waals surface area contributed by atoms with Gasteiger partial charge in [0.1, 0.15) is 0 Å². The first-order chi connectivity index (χ1) is 26.5. The van der Waals surface area contributed by atoms with Crippen LogP contribution < -0.4 is 723 Å². The second kappa shape index (κ2) is 74.9. The van der Waals surface area contributed by atoms with E-state index in [1.54, 1.807) is 0 Å². The van der Waals surface area contributed by atoms with E-state index in [0.29, 0.717) is 0 Å². The van der Waals surface area contributed by atoms with Crippen LogP contribution in [0.1, 0.15) is 0 Å². The fourth-order valence-electron chi connectivity index (χ4n) is 1.60. The smallest absolute Gasteiger partial charge is 0.790 e. The summed E-state index contributed by atoms with van der Waals surface area (Å²) in [4.78, 5) is 215. The van der Waals surface area contributed by atoms with E-state index in [9.17, 15) is 171 Å². The molecule has 0 radical (unpaired) electrons. The summed E-state index contributed by atoms with van der Waals surface area (Å²) in [5.74, 6) is 0. The molecule has 0 aromatic rings. The fraction of sp³-hybridized carbons (Fsp3) is 0. The van der Waals surface area contributed by atoms with Crippen molar-refractivity contribution in [2.24, 2.45) is 0 Å². The molecule has 0 fully saturated rings. The van der Waals surface area contributed by atoms with E-state index in [2.05, 4.69) is 51.7 Å². The van der Waals surface area contributed by atoms with E-state index in [1.807, 2.05) is 0 Å². The number of hydrogen-bond acceptors (Lipinski definition) is 48. The average Bonchev–Trinajstić information content (AvgIpc) is 2.68. The van der Waals surface area contributed by atoms with E-state index in [1.165, 1.54) is 0 Å². The summed E-state index contributed by atoms with van der Waals surface area (Å²) in [5, 5.41) is 0. The maximum atomic E-state index is 10.7. The van der Waals surface area contributed by atoms with Crippen LogP contribution in [0.2, 0.25) is 0 Å². The molecule has 84 heavy (non-hydrogen) atoms. The summed E-state index contributed by atoms with van der Waals surface area (Å²) >= 11 is 0. The van der Waals surface area contributed by atoms with Gasteiger partial charge in [0.05, 0.1) is 46.9 Å². The van der Waals surface area contributed by atoms with Crippen molar-refractivity contribution in [3.63, 3.8) is 0 Å². The molecule has 0 N–H and O–H groups in total. The third-order valence-electron chi connectivity index (χ3n) is 2.40. The van der Waals surface area contributed by atoms with Crippen LogP contribution in [0.5, 0.6) is 0 Å². The molecule has 0 spiro atoms. The number of rotatable bonds is 24. The Bertz CT molecular complexity index is 1960. The summed E-state index contributed by atoms with van der Waals surface area (Å²) in [5.41, 5.74) is 0. The Labute approximate surface area is 936 Å². The standard InChI is InChI=1S/21Na.3H7O16P5/c;;;;;;;;;;;;;;;;;;;;;3*1-17(2,3)13-19(7,8)15-21(11,12)16-20(9,10)14-18(4,5)6/h;;;;;;;;;;;;;;;;;;;;;3*(H,7,8)(H,9,10)(H,11,12)(H2,1,2,3)(H2,4,5,6)/q21*+1;;;/p-21. The van der Waals surface area contributed by atoms with Crippen molar-refractivity contribution in [1.82, 2.24) is 0 Å². The van der Waals surface area contributed by atoms with Crippen molar-refractivity contribution in [1.29, 1.82) is 0 Å². The molecule has 84 heteroatoms. The number of phosphoric acid groups is 15. The Balaban J connectivity index is -0.0000000260. The first kappa shape index (κ1) is 175. The molecule has 0 aliphatic rings. The first-order valence-corrected chi connectivity index (χ1v) is 32.9. The van der Waals surface area contributed by atoms with Gasteiger partial charge >= 0.3 is 621 Å². The van der Waals surface area contributed by atoms with E-state index in [-0.39, 0.29) is 621 Å². The van der Waals surface area contributed by atoms with Gasteiger partial charge in [-0.2, -0.15) is 0 Å². The predicted octanol–water partition coefficient (Wildman–Crippen LogP) is -77.6. The zero-order valence-corrected chi connectivity index (χ0v) is 103. The molecule has 0 bridgehead atoms. The zero-order valence-electron chi connectivity index (χ0n) is 47.3. The third-order valence-corrected chi connectivity index (χ3v) is 21.6. The monoisotopic (exact) mass is 1720 g/mol. The average molecular weight is 1720 g/mol. The van der Waals surface area contributed by atoms with E-state index in [0.717, 1.165) is 0 Å². The molecule has 0 aromatic heterocycles. The van der Waals surface area contributed by atoms with Crippen LogP contribution in [0.15, 0.2) is 0 Å². The van der Waals surface area contributed by atoms with Gasteiger partial charge in [-0.15, -0.1) is 0 Å². The van der Waals surface area contributed by atoms with E-state index < -0.39 is 117 Å². The molecule has 384 valence electrons. The quantitative estimate of drug-likeness (QED) is 0.0639. The van der Waals surface area contributed by atoms with Crippen molar-refractivity contribution in [3.05, 3.63) is 0 Å². The van der Waals surface area contributed by atoms with Crippen molar-refractivity contribution in [3.8, 4) is 0 Å². The van der Waals surface area contributed by atoms with Crippen LogP contribution in [0, 0.1) is 0 Å². The van der Waals surface area contributed by atoms with Crippen molar-refractivity contribution >= 4 is 117 Å². The summed E-state index contributed by atoms with van der Waals surface area (Å²) < 4.78 is 188. The van der Waals surface area contributed by atoms with Crippen LogP contribution in [0.4, 0.5) is 0 Å². The molecule has 0 saturated heterocycles. The second-order valence-corrected chi connectivity index (χ2v) is 28.9. The molecule has 0 aromatic carbocycles. The molecule has 0 aliphatic heterocycles. The molecule has 0 saturated carbocycles. The Hall–Kier alpha value is 23.1. The molecule has 0 amide bonds. The van der Waals surface area contributed by atoms with Crippen LogP contribution in [-0.2, 0) is 120 Å². The normalized spacial score (nSPS) is 16.5. The van der Waals surface area contributed by atoms with Gasteiger partial charge in [0, 0.05) is 0 Å². The van der Waals surface area contributed by atoms with Gasteiger partial charge in [0.15, 0.2) is 0 Å². The fourth-order valence-corrected chi connectivity index (χ4v) is 16.8. The molecule has 0 heterocycles.